The first-order chi connectivity index (χ1) is 14.2. The number of piperidine rings is 1. The Balaban J connectivity index is 1.26. The Kier molecular flexibility index (Phi) is 5.08. The molecule has 7 heteroatoms. The summed E-state index contributed by atoms with van der Waals surface area (Å²) in [5.74, 6) is 1.75. The number of rotatable bonds is 4. The van der Waals surface area contributed by atoms with Gasteiger partial charge in [0.05, 0.1) is 21.3 Å². The molecule has 1 aliphatic rings. The van der Waals surface area contributed by atoms with E-state index in [1.807, 2.05) is 42.5 Å². The second kappa shape index (κ2) is 7.86. The van der Waals surface area contributed by atoms with Gasteiger partial charge < -0.3 is 4.42 Å². The van der Waals surface area contributed by atoms with Crippen LogP contribution < -0.4 is 0 Å². The van der Waals surface area contributed by atoms with E-state index >= 15 is 0 Å². The molecule has 0 saturated carbocycles. The van der Waals surface area contributed by atoms with Crippen molar-refractivity contribution in [1.29, 1.82) is 0 Å². The third-order valence-corrected chi connectivity index (χ3v) is 7.05. The van der Waals surface area contributed by atoms with Crippen LogP contribution in [0.3, 0.4) is 0 Å². The Bertz CT molecular complexity index is 1120. The van der Waals surface area contributed by atoms with E-state index in [0.29, 0.717) is 17.7 Å². The van der Waals surface area contributed by atoms with Gasteiger partial charge in [0.15, 0.2) is 0 Å². The van der Waals surface area contributed by atoms with Gasteiger partial charge in [-0.15, -0.1) is 21.5 Å². The number of likely N-dealkylation sites (tertiary alicyclic amines) is 1. The molecule has 0 bridgehead atoms. The number of benzene rings is 2. The van der Waals surface area contributed by atoms with Crippen molar-refractivity contribution in [1.82, 2.24) is 20.1 Å². The third kappa shape index (κ3) is 3.80. The van der Waals surface area contributed by atoms with Crippen LogP contribution in [-0.4, -0.2) is 33.2 Å². The third-order valence-electron chi connectivity index (χ3n) is 5.61. The van der Waals surface area contributed by atoms with Crippen molar-refractivity contribution in [3.63, 3.8) is 0 Å². The summed E-state index contributed by atoms with van der Waals surface area (Å²) in [6.07, 6.45) is 2.16. The molecule has 5 nitrogen and oxygen atoms in total. The van der Waals surface area contributed by atoms with Crippen molar-refractivity contribution in [2.75, 3.05) is 13.1 Å². The minimum atomic E-state index is 0.107. The summed E-state index contributed by atoms with van der Waals surface area (Å²) >= 11 is 7.90. The quantitative estimate of drug-likeness (QED) is 0.405. The van der Waals surface area contributed by atoms with Gasteiger partial charge in [0, 0.05) is 16.5 Å². The molecule has 1 atom stereocenters. The molecule has 1 unspecified atom stereocenters. The lowest BCUT2D eigenvalue weighted by Crippen LogP contribution is -2.35. The number of nitrogens with zero attached hydrogens (tertiary/aromatic N) is 4. The molecule has 29 heavy (non-hydrogen) atoms. The fraction of sp³-hybridized carbons (Fsp3) is 0.318. The Morgan fingerprint density at radius 2 is 1.90 bits per heavy atom. The van der Waals surface area contributed by atoms with Crippen molar-refractivity contribution in [2.45, 2.75) is 31.7 Å². The van der Waals surface area contributed by atoms with Crippen LogP contribution in [-0.2, 0) is 0 Å². The van der Waals surface area contributed by atoms with Gasteiger partial charge in [-0.3, -0.25) is 4.90 Å². The molecule has 0 spiro atoms. The van der Waals surface area contributed by atoms with Crippen molar-refractivity contribution in [3.8, 4) is 11.5 Å². The topological polar surface area (TPSA) is 55.1 Å². The fourth-order valence-electron chi connectivity index (χ4n) is 3.88. The molecule has 2 aromatic heterocycles. The minimum absolute atomic E-state index is 0.107. The van der Waals surface area contributed by atoms with E-state index in [2.05, 4.69) is 28.1 Å². The summed E-state index contributed by atoms with van der Waals surface area (Å²) in [6.45, 7) is 4.12. The number of hydrogen-bond donors (Lipinski definition) is 0. The van der Waals surface area contributed by atoms with Crippen LogP contribution in [0.4, 0.5) is 0 Å². The maximum absolute atomic E-state index is 6.10. The summed E-state index contributed by atoms with van der Waals surface area (Å²) in [5, 5.41) is 10.5. The van der Waals surface area contributed by atoms with Crippen molar-refractivity contribution >= 4 is 33.2 Å². The second-order valence-electron chi connectivity index (χ2n) is 7.46. The van der Waals surface area contributed by atoms with Crippen LogP contribution in [0.2, 0.25) is 5.02 Å². The van der Waals surface area contributed by atoms with E-state index in [0.717, 1.165) is 42.0 Å². The predicted octanol–water partition coefficient (Wildman–Crippen LogP) is 5.94. The maximum Gasteiger partial charge on any atom is 0.247 e. The van der Waals surface area contributed by atoms with Crippen molar-refractivity contribution in [2.24, 2.45) is 0 Å². The van der Waals surface area contributed by atoms with Gasteiger partial charge >= 0.3 is 0 Å². The van der Waals surface area contributed by atoms with E-state index in [4.69, 9.17) is 21.0 Å². The van der Waals surface area contributed by atoms with Gasteiger partial charge in [0.1, 0.15) is 0 Å². The van der Waals surface area contributed by atoms with E-state index in [-0.39, 0.29) is 6.04 Å². The van der Waals surface area contributed by atoms with E-state index < -0.39 is 0 Å². The highest BCUT2D eigenvalue weighted by Gasteiger charge is 2.28. The molecular formula is C22H21ClN4OS. The maximum atomic E-state index is 6.10. The molecule has 0 aliphatic carbocycles. The first-order valence-corrected chi connectivity index (χ1v) is 11.1. The van der Waals surface area contributed by atoms with Crippen LogP contribution in [0.25, 0.3) is 21.7 Å². The molecule has 0 amide bonds. The first-order valence-electron chi connectivity index (χ1n) is 9.86. The molecule has 148 valence electrons. The van der Waals surface area contributed by atoms with Gasteiger partial charge in [-0.1, -0.05) is 29.8 Å². The molecule has 1 fully saturated rings. The van der Waals surface area contributed by atoms with Gasteiger partial charge in [0.2, 0.25) is 11.8 Å². The number of aromatic nitrogens is 3. The number of fused-ring (bicyclic) bond motifs is 1. The zero-order valence-corrected chi connectivity index (χ0v) is 17.7. The Morgan fingerprint density at radius 3 is 2.69 bits per heavy atom. The van der Waals surface area contributed by atoms with Crippen LogP contribution >= 0.6 is 22.9 Å². The Labute approximate surface area is 178 Å². The summed E-state index contributed by atoms with van der Waals surface area (Å²) in [4.78, 5) is 7.26. The van der Waals surface area contributed by atoms with Crippen LogP contribution in [0, 0.1) is 0 Å². The Hall–Kier alpha value is -2.28. The van der Waals surface area contributed by atoms with Crippen molar-refractivity contribution in [3.05, 3.63) is 64.5 Å². The molecule has 3 heterocycles. The van der Waals surface area contributed by atoms with Gasteiger partial charge in [-0.05, 0) is 63.2 Å². The van der Waals surface area contributed by atoms with E-state index in [1.54, 1.807) is 11.3 Å². The SMILES string of the molecule is CC(c1nnc(-c2ccccc2)o1)N1CCC(c2nc3cc(Cl)ccc3s2)CC1. The summed E-state index contributed by atoms with van der Waals surface area (Å²) < 4.78 is 7.17. The molecule has 5 rings (SSSR count). The van der Waals surface area contributed by atoms with E-state index in [1.165, 1.54) is 9.71 Å². The van der Waals surface area contributed by atoms with Crippen LogP contribution in [0.5, 0.6) is 0 Å². The monoisotopic (exact) mass is 424 g/mol. The average molecular weight is 425 g/mol. The van der Waals surface area contributed by atoms with Gasteiger partial charge in [0.25, 0.3) is 0 Å². The van der Waals surface area contributed by atoms with E-state index in [9.17, 15) is 0 Å². The lowest BCUT2D eigenvalue weighted by molar-refractivity contribution is 0.143. The molecule has 1 aliphatic heterocycles. The smallest absolute Gasteiger partial charge is 0.247 e. The lowest BCUT2D eigenvalue weighted by atomic mass is 9.96. The summed E-state index contributed by atoms with van der Waals surface area (Å²) in [6, 6.07) is 16.0. The van der Waals surface area contributed by atoms with Crippen LogP contribution in [0.1, 0.15) is 42.6 Å². The fourth-order valence-corrected chi connectivity index (χ4v) is 5.17. The molecule has 0 N–H and O–H groups in total. The van der Waals surface area contributed by atoms with Crippen molar-refractivity contribution < 1.29 is 4.42 Å². The zero-order chi connectivity index (χ0) is 19.8. The number of hydrogen-bond acceptors (Lipinski definition) is 6. The number of halogens is 1. The normalized spacial score (nSPS) is 17.0. The predicted molar refractivity (Wildman–Crippen MR) is 116 cm³/mol. The molecule has 1 saturated heterocycles. The first kappa shape index (κ1) is 18.7. The zero-order valence-electron chi connectivity index (χ0n) is 16.1. The standard InChI is InChI=1S/C22H21ClN4OS/c1-14(20-25-26-21(28-20)15-5-3-2-4-6-15)27-11-9-16(10-12-27)22-24-18-13-17(23)7-8-19(18)29-22/h2-8,13-14,16H,9-12H2,1H3. The minimum Gasteiger partial charge on any atom is -0.419 e. The second-order valence-corrected chi connectivity index (χ2v) is 8.96. The van der Waals surface area contributed by atoms with Gasteiger partial charge in [-0.25, -0.2) is 4.98 Å². The number of thiazole rings is 1. The Morgan fingerprint density at radius 1 is 1.10 bits per heavy atom. The average Bonchev–Trinajstić information content (AvgIpc) is 3.41. The molecule has 4 aromatic rings. The summed E-state index contributed by atoms with van der Waals surface area (Å²) in [5.41, 5.74) is 1.96. The highest BCUT2D eigenvalue weighted by Crippen LogP contribution is 2.36. The summed E-state index contributed by atoms with van der Waals surface area (Å²) in [7, 11) is 0. The molecular weight excluding hydrogens is 404 g/mol. The molecule has 2 aromatic carbocycles. The highest BCUT2D eigenvalue weighted by molar-refractivity contribution is 7.18. The lowest BCUT2D eigenvalue weighted by Gasteiger charge is -2.33. The van der Waals surface area contributed by atoms with Gasteiger partial charge in [-0.2, -0.15) is 0 Å². The molecule has 0 radical (unpaired) electrons. The largest absolute Gasteiger partial charge is 0.419 e. The highest BCUT2D eigenvalue weighted by atomic mass is 35.5. The van der Waals surface area contributed by atoms with Crippen LogP contribution in [0.15, 0.2) is 52.9 Å².